The minimum Gasteiger partial charge on any atom is -0.335 e. The van der Waals surface area contributed by atoms with Gasteiger partial charge in [-0.15, -0.1) is 0 Å². The van der Waals surface area contributed by atoms with Gasteiger partial charge >= 0.3 is 0 Å². The highest BCUT2D eigenvalue weighted by atomic mass is 16.2. The molecule has 1 aromatic heterocycles. The number of likely N-dealkylation sites (tertiary alicyclic amines) is 1. The van der Waals surface area contributed by atoms with Crippen LogP contribution in [0.2, 0.25) is 0 Å². The van der Waals surface area contributed by atoms with Crippen LogP contribution in [-0.4, -0.2) is 34.3 Å². The van der Waals surface area contributed by atoms with Gasteiger partial charge in [-0.3, -0.25) is 14.6 Å². The van der Waals surface area contributed by atoms with Gasteiger partial charge in [0.15, 0.2) is 0 Å². The fourth-order valence-corrected chi connectivity index (χ4v) is 4.43. The molecule has 2 amide bonds. The highest BCUT2D eigenvalue weighted by molar-refractivity contribution is 6.03. The number of pyridine rings is 1. The maximum absolute atomic E-state index is 13.0. The lowest BCUT2D eigenvalue weighted by Gasteiger charge is -2.44. The van der Waals surface area contributed by atoms with Gasteiger partial charge in [0, 0.05) is 30.0 Å². The van der Waals surface area contributed by atoms with Crippen molar-refractivity contribution in [3.8, 4) is 0 Å². The third-order valence-electron chi connectivity index (χ3n) is 5.79. The van der Waals surface area contributed by atoms with Crippen molar-refractivity contribution in [3.05, 3.63) is 59.9 Å². The predicted octanol–water partition coefficient (Wildman–Crippen LogP) is 4.13. The number of benzene rings is 1. The molecule has 4 rings (SSSR count). The van der Waals surface area contributed by atoms with E-state index in [0.29, 0.717) is 28.9 Å². The number of carbonyl (C=O) groups is 2. The van der Waals surface area contributed by atoms with E-state index in [-0.39, 0.29) is 11.8 Å². The van der Waals surface area contributed by atoms with Crippen LogP contribution in [0.3, 0.4) is 0 Å². The monoisotopic (exact) mass is 363 g/mol. The SMILES string of the molecule is O=C(Nc1ccc(C(=O)N2CCC[C@H]3CCCCC32)cc1)c1ccccn1. The first kappa shape index (κ1) is 17.7. The van der Waals surface area contributed by atoms with Crippen LogP contribution in [0.5, 0.6) is 0 Å². The Hall–Kier alpha value is -2.69. The maximum Gasteiger partial charge on any atom is 0.274 e. The van der Waals surface area contributed by atoms with Crippen LogP contribution in [0.1, 0.15) is 59.4 Å². The van der Waals surface area contributed by atoms with E-state index in [0.717, 1.165) is 19.4 Å². The van der Waals surface area contributed by atoms with Crippen LogP contribution < -0.4 is 5.32 Å². The summed E-state index contributed by atoms with van der Waals surface area (Å²) in [6.07, 6.45) is 8.87. The van der Waals surface area contributed by atoms with Gasteiger partial charge in [-0.25, -0.2) is 0 Å². The first-order valence-electron chi connectivity index (χ1n) is 9.86. The van der Waals surface area contributed by atoms with E-state index in [1.54, 1.807) is 36.5 Å². The molecule has 1 saturated carbocycles. The summed E-state index contributed by atoms with van der Waals surface area (Å²) >= 11 is 0. The zero-order valence-electron chi connectivity index (χ0n) is 15.4. The molecule has 0 spiro atoms. The third kappa shape index (κ3) is 3.87. The number of nitrogens with one attached hydrogen (secondary N) is 1. The lowest BCUT2D eigenvalue weighted by Crippen LogP contribution is -2.49. The summed E-state index contributed by atoms with van der Waals surface area (Å²) in [5.41, 5.74) is 1.72. The molecule has 1 N–H and O–H groups in total. The van der Waals surface area contributed by atoms with Gasteiger partial charge < -0.3 is 10.2 Å². The molecule has 1 aliphatic heterocycles. The van der Waals surface area contributed by atoms with Crippen molar-refractivity contribution < 1.29 is 9.59 Å². The van der Waals surface area contributed by atoms with Crippen molar-refractivity contribution >= 4 is 17.5 Å². The van der Waals surface area contributed by atoms with Crippen LogP contribution >= 0.6 is 0 Å². The van der Waals surface area contributed by atoms with E-state index in [9.17, 15) is 9.59 Å². The summed E-state index contributed by atoms with van der Waals surface area (Å²) in [6, 6.07) is 12.8. The molecule has 5 heteroatoms. The molecule has 1 saturated heterocycles. The quantitative estimate of drug-likeness (QED) is 0.892. The van der Waals surface area contributed by atoms with Gasteiger partial charge in [-0.05, 0) is 68.0 Å². The highest BCUT2D eigenvalue weighted by Gasteiger charge is 2.35. The van der Waals surface area contributed by atoms with Crippen LogP contribution in [0.25, 0.3) is 0 Å². The number of piperidine rings is 1. The summed E-state index contributed by atoms with van der Waals surface area (Å²) < 4.78 is 0. The predicted molar refractivity (Wildman–Crippen MR) is 105 cm³/mol. The minimum atomic E-state index is -0.254. The minimum absolute atomic E-state index is 0.120. The summed E-state index contributed by atoms with van der Waals surface area (Å²) in [6.45, 7) is 0.859. The molecule has 0 radical (unpaired) electrons. The highest BCUT2D eigenvalue weighted by Crippen LogP contribution is 2.36. The smallest absolute Gasteiger partial charge is 0.274 e. The molecule has 5 nitrogen and oxygen atoms in total. The fourth-order valence-electron chi connectivity index (χ4n) is 4.43. The number of carbonyl (C=O) groups excluding carboxylic acids is 2. The van der Waals surface area contributed by atoms with Gasteiger partial charge in [0.05, 0.1) is 0 Å². The number of amides is 2. The van der Waals surface area contributed by atoms with Crippen molar-refractivity contribution in [2.45, 2.75) is 44.6 Å². The second kappa shape index (κ2) is 7.91. The molecule has 140 valence electrons. The van der Waals surface area contributed by atoms with E-state index in [4.69, 9.17) is 0 Å². The van der Waals surface area contributed by atoms with Gasteiger partial charge in [0.1, 0.15) is 5.69 Å². The molecule has 1 aromatic carbocycles. The molecule has 27 heavy (non-hydrogen) atoms. The van der Waals surface area contributed by atoms with Crippen LogP contribution in [-0.2, 0) is 0 Å². The van der Waals surface area contributed by atoms with E-state index in [1.165, 1.54) is 25.7 Å². The first-order valence-corrected chi connectivity index (χ1v) is 9.86. The molecular weight excluding hydrogens is 338 g/mol. The number of aromatic nitrogens is 1. The van der Waals surface area contributed by atoms with E-state index < -0.39 is 0 Å². The van der Waals surface area contributed by atoms with E-state index in [1.807, 2.05) is 12.1 Å². The Kier molecular flexibility index (Phi) is 5.19. The molecular formula is C22H25N3O2. The topological polar surface area (TPSA) is 62.3 Å². The van der Waals surface area contributed by atoms with Crippen molar-refractivity contribution in [1.29, 1.82) is 0 Å². The Labute approximate surface area is 159 Å². The molecule has 2 atom stereocenters. The van der Waals surface area contributed by atoms with Crippen molar-refractivity contribution in [2.24, 2.45) is 5.92 Å². The normalized spacial score (nSPS) is 22.0. The van der Waals surface area contributed by atoms with Gasteiger partial charge in [-0.1, -0.05) is 18.9 Å². The summed E-state index contributed by atoms with van der Waals surface area (Å²) in [4.78, 5) is 31.4. The Morgan fingerprint density at radius 1 is 0.963 bits per heavy atom. The average Bonchev–Trinajstić information content (AvgIpc) is 2.74. The summed E-state index contributed by atoms with van der Waals surface area (Å²) in [5.74, 6) is 0.540. The average molecular weight is 363 g/mol. The fraction of sp³-hybridized carbons (Fsp3) is 0.409. The summed E-state index contributed by atoms with van der Waals surface area (Å²) in [7, 11) is 0. The number of rotatable bonds is 3. The second-order valence-electron chi connectivity index (χ2n) is 7.50. The third-order valence-corrected chi connectivity index (χ3v) is 5.79. The van der Waals surface area contributed by atoms with Crippen molar-refractivity contribution in [2.75, 3.05) is 11.9 Å². The Balaban J connectivity index is 1.44. The number of hydrogen-bond donors (Lipinski definition) is 1. The maximum atomic E-state index is 13.0. The molecule has 2 aliphatic rings. The standard InChI is InChI=1S/C22H25N3O2/c26-21(19-8-3-4-14-23-19)24-18-12-10-17(11-13-18)22(27)25-15-5-7-16-6-1-2-9-20(16)25/h3-4,8,10-14,16,20H,1-2,5-7,9,15H2,(H,24,26)/t16-,20?/m1/s1. The largest absolute Gasteiger partial charge is 0.335 e. The zero-order valence-corrected chi connectivity index (χ0v) is 15.4. The van der Waals surface area contributed by atoms with Crippen molar-refractivity contribution in [3.63, 3.8) is 0 Å². The molecule has 2 heterocycles. The number of fused-ring (bicyclic) bond motifs is 1. The molecule has 2 aromatic rings. The lowest BCUT2D eigenvalue weighted by atomic mass is 9.78. The van der Waals surface area contributed by atoms with Gasteiger partial charge in [-0.2, -0.15) is 0 Å². The Morgan fingerprint density at radius 3 is 2.52 bits per heavy atom. The lowest BCUT2D eigenvalue weighted by molar-refractivity contribution is 0.0390. The first-order chi connectivity index (χ1) is 13.2. The van der Waals surface area contributed by atoms with E-state index >= 15 is 0 Å². The molecule has 0 bridgehead atoms. The summed E-state index contributed by atoms with van der Waals surface area (Å²) in [5, 5.41) is 2.82. The number of nitrogens with zero attached hydrogens (tertiary/aromatic N) is 2. The van der Waals surface area contributed by atoms with Crippen LogP contribution in [0, 0.1) is 5.92 Å². The van der Waals surface area contributed by atoms with E-state index in [2.05, 4.69) is 15.2 Å². The van der Waals surface area contributed by atoms with Crippen molar-refractivity contribution in [1.82, 2.24) is 9.88 Å². The van der Waals surface area contributed by atoms with Gasteiger partial charge in [0.2, 0.25) is 0 Å². The number of anilines is 1. The Morgan fingerprint density at radius 2 is 1.74 bits per heavy atom. The molecule has 1 unspecified atom stereocenters. The van der Waals surface area contributed by atoms with Crippen LogP contribution in [0.15, 0.2) is 48.7 Å². The molecule has 1 aliphatic carbocycles. The Bertz CT molecular complexity index is 802. The second-order valence-corrected chi connectivity index (χ2v) is 7.50. The van der Waals surface area contributed by atoms with Gasteiger partial charge in [0.25, 0.3) is 11.8 Å². The molecule has 2 fully saturated rings. The zero-order chi connectivity index (χ0) is 18.6. The van der Waals surface area contributed by atoms with Crippen LogP contribution in [0.4, 0.5) is 5.69 Å². The number of hydrogen-bond acceptors (Lipinski definition) is 3.